The number of rotatable bonds is 86. The smallest absolute Gasteiger partial charge is 0.104 e. The second-order valence-electron chi connectivity index (χ2n) is 25.3. The minimum atomic E-state index is -1.16. The Bertz CT molecular complexity index is 1850. The molecule has 0 fully saturated rings. The predicted octanol–water partition coefficient (Wildman–Crippen LogP) is -8.41. The fraction of sp³-hybridized carbons (Fsp3) is 1.00. The monoisotopic (exact) mass is 1610 g/mol. The van der Waals surface area contributed by atoms with Gasteiger partial charge >= 0.3 is 0 Å². The highest BCUT2D eigenvalue weighted by Crippen LogP contribution is 2.14. The summed E-state index contributed by atoms with van der Waals surface area (Å²) in [4.78, 5) is 0. The summed E-state index contributed by atoms with van der Waals surface area (Å²) in [6.07, 6.45) is -7.55. The van der Waals surface area contributed by atoms with E-state index in [0.29, 0.717) is 6.61 Å². The summed E-state index contributed by atoms with van der Waals surface area (Å²) in [6.45, 7) is -13.5. The summed E-state index contributed by atoms with van der Waals surface area (Å²) in [6, 6.07) is 0. The summed E-state index contributed by atoms with van der Waals surface area (Å²) in [5, 5.41) is 197. The molecule has 0 heterocycles. The predicted molar refractivity (Wildman–Crippen MR) is 382 cm³/mol. The van der Waals surface area contributed by atoms with Crippen LogP contribution in [0, 0.1) is 0 Å². The molecule has 0 bridgehead atoms. The average Bonchev–Trinajstić information content (AvgIpc) is 0.947. The Morgan fingerprint density at radius 3 is 0.426 bits per heavy atom. The van der Waals surface area contributed by atoms with Gasteiger partial charge in [0, 0.05) is 6.61 Å². The Kier molecular flexibility index (Phi) is 75.0. The highest BCUT2D eigenvalue weighted by Gasteiger charge is 2.27. The molecule has 0 saturated carbocycles. The quantitative estimate of drug-likeness (QED) is 0.0199. The first-order valence-corrected chi connectivity index (χ1v) is 37.7. The molecule has 19 unspecified atom stereocenters. The summed E-state index contributed by atoms with van der Waals surface area (Å²) in [5.41, 5.74) is 0. The van der Waals surface area contributed by atoms with Crippen LogP contribution >= 0.6 is 12.6 Å². The van der Waals surface area contributed by atoms with Crippen molar-refractivity contribution in [3.8, 4) is 0 Å². The molecule has 0 aromatic carbocycles. The molecule has 0 aromatic heterocycles. The van der Waals surface area contributed by atoms with Gasteiger partial charge in [-0.25, -0.2) is 0 Å². The molecule has 0 saturated heterocycles. The molecular weight excluding hydrogens is 1470 g/mol. The van der Waals surface area contributed by atoms with Crippen molar-refractivity contribution >= 4 is 12.6 Å². The molecule has 39 nitrogen and oxygen atoms in total. The average molecular weight is 1610 g/mol. The Hall–Kier alpha value is -1.21. The summed E-state index contributed by atoms with van der Waals surface area (Å²) in [7, 11) is 0. The lowest BCUT2D eigenvalue weighted by molar-refractivity contribution is -0.153. The van der Waals surface area contributed by atoms with Crippen molar-refractivity contribution in [2.24, 2.45) is 0 Å². The number of ether oxygens (including phenoxy) is 19. The maximum absolute atomic E-state index is 10.0. The third kappa shape index (κ3) is 56.9. The van der Waals surface area contributed by atoms with Gasteiger partial charge < -0.3 is 192 Å². The van der Waals surface area contributed by atoms with E-state index in [1.165, 1.54) is 32.1 Å². The van der Waals surface area contributed by atoms with Crippen LogP contribution in [0.1, 0.15) is 57.8 Å². The maximum Gasteiger partial charge on any atom is 0.104 e. The number of aliphatic hydroxyl groups is 20. The van der Waals surface area contributed by atoms with Crippen molar-refractivity contribution in [3.05, 3.63) is 0 Å². The summed E-state index contributed by atoms with van der Waals surface area (Å²) < 4.78 is 107. The summed E-state index contributed by atoms with van der Waals surface area (Å²) in [5.74, 6) is 0.937. The van der Waals surface area contributed by atoms with Crippen molar-refractivity contribution in [3.63, 3.8) is 0 Å². The van der Waals surface area contributed by atoms with Crippen LogP contribution in [0.5, 0.6) is 0 Å². The molecule has 0 amide bonds. The van der Waals surface area contributed by atoms with Crippen LogP contribution in [0.3, 0.4) is 0 Å². The topological polar surface area (TPSA) is 580 Å². The lowest BCUT2D eigenvalue weighted by Crippen LogP contribution is -2.39. The zero-order chi connectivity index (χ0) is 80.1. The lowest BCUT2D eigenvalue weighted by atomic mass is 10.1. The Balaban J connectivity index is 4.84. The van der Waals surface area contributed by atoms with E-state index in [2.05, 4.69) is 12.6 Å². The molecule has 20 N–H and O–H groups in total. The van der Waals surface area contributed by atoms with Gasteiger partial charge in [0.05, 0.1) is 251 Å². The first-order valence-electron chi connectivity index (χ1n) is 37.1. The molecule has 0 rings (SSSR count). The van der Waals surface area contributed by atoms with Gasteiger partial charge in [-0.05, 0) is 18.6 Å². The van der Waals surface area contributed by atoms with Crippen molar-refractivity contribution in [2.45, 2.75) is 174 Å². The Morgan fingerprint density at radius 2 is 0.287 bits per heavy atom. The Morgan fingerprint density at radius 1 is 0.157 bits per heavy atom. The van der Waals surface area contributed by atoms with E-state index in [1.807, 2.05) is 0 Å². The van der Waals surface area contributed by atoms with Gasteiger partial charge in [0.25, 0.3) is 0 Å². The largest absolute Gasteiger partial charge is 0.394 e. The molecule has 0 radical (unpaired) electrons. The fourth-order valence-electron chi connectivity index (χ4n) is 8.97. The first-order chi connectivity index (χ1) is 52.6. The van der Waals surface area contributed by atoms with Crippen molar-refractivity contribution in [2.75, 3.05) is 263 Å². The second kappa shape index (κ2) is 75.8. The zero-order valence-corrected chi connectivity index (χ0v) is 63.7. The molecule has 0 spiro atoms. The van der Waals surface area contributed by atoms with Gasteiger partial charge in [0.2, 0.25) is 0 Å². The molecule has 108 heavy (non-hydrogen) atoms. The number of hydrogen-bond donors (Lipinski definition) is 21. The normalized spacial score (nSPS) is 17.6. The zero-order valence-electron chi connectivity index (χ0n) is 62.8. The molecule has 0 aliphatic heterocycles. The minimum Gasteiger partial charge on any atom is -0.394 e. The minimum absolute atomic E-state index is 0.0674. The maximum atomic E-state index is 10.0. The third-order valence-electron chi connectivity index (χ3n) is 16.0. The van der Waals surface area contributed by atoms with E-state index in [9.17, 15) is 97.0 Å². The van der Waals surface area contributed by atoms with E-state index >= 15 is 0 Å². The second-order valence-corrected chi connectivity index (χ2v) is 25.7. The highest BCUT2D eigenvalue weighted by molar-refractivity contribution is 7.80. The van der Waals surface area contributed by atoms with E-state index in [-0.39, 0.29) is 132 Å². The van der Waals surface area contributed by atoms with Gasteiger partial charge in [-0.3, -0.25) is 0 Å². The van der Waals surface area contributed by atoms with Crippen LogP contribution in [0.4, 0.5) is 0 Å². The Labute approximate surface area is 639 Å². The van der Waals surface area contributed by atoms with Crippen LogP contribution in [-0.4, -0.2) is 482 Å². The highest BCUT2D eigenvalue weighted by atomic mass is 32.1. The van der Waals surface area contributed by atoms with E-state index in [0.717, 1.165) is 31.4 Å². The van der Waals surface area contributed by atoms with Crippen LogP contribution in [0.2, 0.25) is 0 Å². The van der Waals surface area contributed by atoms with E-state index in [4.69, 9.17) is 95.1 Å². The standard InChI is InChI=1S/C68H138O39S/c69-12-50(88)31-90-52(14-71)33-92-54(16-73)35-94-56(18-75)37-96-58(20-77)39-98-60(22-79)41-100-62(24-81)43-102-64(26-83)45-104-66(28-85)47-106-68(30-87)49-107-67(29-86)48-105-65(27-84)46-103-63(25-82)44-101-61(23-80)42-99-59(21-78)40-97-57(19-76)38-95-55(17-74)36-93-53(15-72)34-91-51(13-70)32-89-10-8-6-4-2-1-3-5-7-9-11-108/h50-88,108H,1-49H2. The molecular formula is C68H138O39S. The third-order valence-corrected chi connectivity index (χ3v) is 16.3. The molecule has 0 aliphatic rings. The van der Waals surface area contributed by atoms with Crippen LogP contribution in [0.25, 0.3) is 0 Å². The van der Waals surface area contributed by atoms with E-state index in [1.54, 1.807) is 0 Å². The van der Waals surface area contributed by atoms with Gasteiger partial charge in [0.15, 0.2) is 0 Å². The van der Waals surface area contributed by atoms with Gasteiger partial charge in [0.1, 0.15) is 116 Å². The van der Waals surface area contributed by atoms with Gasteiger partial charge in [-0.15, -0.1) is 0 Å². The van der Waals surface area contributed by atoms with Crippen molar-refractivity contribution in [1.82, 2.24) is 0 Å². The first kappa shape index (κ1) is 107. The van der Waals surface area contributed by atoms with Crippen LogP contribution < -0.4 is 0 Å². The number of thiol groups is 1. The molecule has 0 aliphatic carbocycles. The molecule has 650 valence electrons. The number of aliphatic hydroxyl groups excluding tert-OH is 20. The number of hydrogen-bond acceptors (Lipinski definition) is 40. The van der Waals surface area contributed by atoms with Crippen molar-refractivity contribution < 1.29 is 192 Å². The molecule has 19 atom stereocenters. The van der Waals surface area contributed by atoms with Crippen molar-refractivity contribution in [1.29, 1.82) is 0 Å². The van der Waals surface area contributed by atoms with Crippen LogP contribution in [-0.2, 0) is 90.0 Å². The lowest BCUT2D eigenvalue weighted by Gasteiger charge is -2.26. The fourth-order valence-corrected chi connectivity index (χ4v) is 9.19. The van der Waals surface area contributed by atoms with Crippen LogP contribution in [0.15, 0.2) is 0 Å². The summed E-state index contributed by atoms with van der Waals surface area (Å²) >= 11 is 4.25. The molecule has 40 heteroatoms. The SMILES string of the molecule is OCC(O)COC(CO)COC(CO)COC(CO)COC(CO)COC(CO)COC(CO)COC(CO)COC(CO)COC(CO)COC(CO)COC(CO)COC(CO)COC(CO)COC(CO)COC(CO)COC(CO)COC(CO)COC(CO)COCCCCCCCCCCCS. The van der Waals surface area contributed by atoms with Gasteiger partial charge in [-0.2, -0.15) is 12.6 Å². The van der Waals surface area contributed by atoms with E-state index < -0.39 is 235 Å². The van der Waals surface area contributed by atoms with Gasteiger partial charge in [-0.1, -0.05) is 44.9 Å². The number of unbranched alkanes of at least 4 members (excludes halogenated alkanes) is 8. The molecule has 0 aromatic rings.